The van der Waals surface area contributed by atoms with Crippen molar-refractivity contribution in [2.75, 3.05) is 0 Å². The lowest BCUT2D eigenvalue weighted by atomic mass is 9.82. The lowest BCUT2D eigenvalue weighted by Crippen LogP contribution is -2.12. The van der Waals surface area contributed by atoms with Crippen LogP contribution in [0, 0.1) is 26.6 Å². The summed E-state index contributed by atoms with van der Waals surface area (Å²) in [4.78, 5) is 4.73. The highest BCUT2D eigenvalue weighted by Gasteiger charge is 2.23. The molecule has 184 valence electrons. The molecule has 0 saturated heterocycles. The first-order valence-electron chi connectivity index (χ1n) is 12.7. The second kappa shape index (κ2) is 8.27. The molecule has 0 N–H and O–H groups in total. The highest BCUT2D eigenvalue weighted by Crippen LogP contribution is 2.41. The number of rotatable bonds is 2. The fourth-order valence-electron chi connectivity index (χ4n) is 5.81. The molecule has 2 nitrogen and oxygen atoms in total. The number of fused-ring (bicyclic) bond motifs is 4. The molecule has 0 amide bonds. The molecule has 3 heteroatoms. The third kappa shape index (κ3) is 3.72. The van der Waals surface area contributed by atoms with Crippen LogP contribution in [-0.4, -0.2) is 4.98 Å². The van der Waals surface area contributed by atoms with E-state index in [0.29, 0.717) is 11.1 Å². The quantitative estimate of drug-likeness (QED) is 0.243. The number of furan rings is 1. The van der Waals surface area contributed by atoms with E-state index in [1.165, 1.54) is 16.5 Å². The van der Waals surface area contributed by atoms with Crippen LogP contribution in [0.2, 0.25) is 0 Å². The van der Waals surface area contributed by atoms with Crippen LogP contribution >= 0.6 is 0 Å². The number of halogens is 1. The normalized spacial score (nSPS) is 12.2. The van der Waals surface area contributed by atoms with Crippen molar-refractivity contribution >= 4 is 32.7 Å². The van der Waals surface area contributed by atoms with Crippen LogP contribution in [0.25, 0.3) is 55.1 Å². The fraction of sp³-hybridized carbons (Fsp3) is 0.206. The molecule has 0 radical (unpaired) electrons. The van der Waals surface area contributed by atoms with Gasteiger partial charge in [-0.25, -0.2) is 4.39 Å². The number of benzene rings is 4. The number of hydrogen-bond acceptors (Lipinski definition) is 2. The van der Waals surface area contributed by atoms with E-state index in [9.17, 15) is 0 Å². The van der Waals surface area contributed by atoms with Gasteiger partial charge in [0.15, 0.2) is 17.0 Å². The second-order valence-corrected chi connectivity index (χ2v) is 11.2. The van der Waals surface area contributed by atoms with Gasteiger partial charge in [0.25, 0.3) is 0 Å². The molecule has 0 fully saturated rings. The Labute approximate surface area is 216 Å². The van der Waals surface area contributed by atoms with E-state index >= 15 is 4.39 Å². The van der Waals surface area contributed by atoms with Gasteiger partial charge in [0.1, 0.15) is 5.69 Å². The van der Waals surface area contributed by atoms with E-state index in [1.807, 2.05) is 32.0 Å². The number of pyridine rings is 1. The van der Waals surface area contributed by atoms with Gasteiger partial charge in [0.2, 0.25) is 0 Å². The molecule has 2 aromatic heterocycles. The van der Waals surface area contributed by atoms with Gasteiger partial charge >= 0.3 is 0 Å². The van der Waals surface area contributed by atoms with Crippen LogP contribution in [0.4, 0.5) is 4.39 Å². The smallest absolute Gasteiger partial charge is 0.174 e. The Morgan fingerprint density at radius 1 is 0.757 bits per heavy atom. The Balaban J connectivity index is 1.62. The maximum Gasteiger partial charge on any atom is 0.174 e. The molecule has 37 heavy (non-hydrogen) atoms. The average molecular weight is 488 g/mol. The van der Waals surface area contributed by atoms with E-state index in [4.69, 9.17) is 9.40 Å². The minimum absolute atomic E-state index is 0.0534. The molecule has 0 bridgehead atoms. The number of hydrogen-bond donors (Lipinski definition) is 0. The van der Waals surface area contributed by atoms with Gasteiger partial charge in [-0.15, -0.1) is 0 Å². The summed E-state index contributed by atoms with van der Waals surface area (Å²) in [6.07, 6.45) is 1.79. The van der Waals surface area contributed by atoms with Crippen LogP contribution < -0.4 is 0 Å². The summed E-state index contributed by atoms with van der Waals surface area (Å²) in [6, 6.07) is 22.8. The minimum atomic E-state index is -0.330. The van der Waals surface area contributed by atoms with Crippen LogP contribution in [0.5, 0.6) is 0 Å². The van der Waals surface area contributed by atoms with Gasteiger partial charge < -0.3 is 4.42 Å². The van der Waals surface area contributed by atoms with Gasteiger partial charge in [0.05, 0.1) is 0 Å². The van der Waals surface area contributed by atoms with Gasteiger partial charge in [-0.1, -0.05) is 68.8 Å². The van der Waals surface area contributed by atoms with Crippen molar-refractivity contribution in [3.05, 3.63) is 101 Å². The summed E-state index contributed by atoms with van der Waals surface area (Å²) < 4.78 is 22.4. The third-order valence-corrected chi connectivity index (χ3v) is 7.39. The Bertz CT molecular complexity index is 1830. The first-order valence-corrected chi connectivity index (χ1v) is 12.7. The summed E-state index contributed by atoms with van der Waals surface area (Å²) in [5, 5.41) is 4.01. The van der Waals surface area contributed by atoms with Crippen molar-refractivity contribution in [3.8, 4) is 22.4 Å². The number of aromatic nitrogens is 1. The molecule has 0 spiro atoms. The maximum absolute atomic E-state index is 16.1. The van der Waals surface area contributed by atoms with E-state index in [2.05, 4.69) is 76.2 Å². The topological polar surface area (TPSA) is 26.0 Å². The number of aryl methyl sites for hydroxylation is 3. The SMILES string of the molecule is Cc1cc(C)c(-c2ccc3c(oc4c(-c5cc(C(C)(C)C)c6ccccc6c5)nccc43)c2F)c(C)c1. The first kappa shape index (κ1) is 23.4. The molecular formula is C34H30FNO. The van der Waals surface area contributed by atoms with Crippen molar-refractivity contribution in [3.63, 3.8) is 0 Å². The summed E-state index contributed by atoms with van der Waals surface area (Å²) >= 11 is 0. The Hall–Kier alpha value is -3.98. The Morgan fingerprint density at radius 3 is 2.19 bits per heavy atom. The van der Waals surface area contributed by atoms with Crippen LogP contribution in [0.15, 0.2) is 77.3 Å². The summed E-state index contributed by atoms with van der Waals surface area (Å²) in [5.41, 5.74) is 8.55. The fourth-order valence-corrected chi connectivity index (χ4v) is 5.81. The van der Waals surface area contributed by atoms with Crippen molar-refractivity contribution in [2.45, 2.75) is 47.0 Å². The molecule has 0 unspecified atom stereocenters. The van der Waals surface area contributed by atoms with Crippen molar-refractivity contribution in [1.82, 2.24) is 4.98 Å². The van der Waals surface area contributed by atoms with E-state index in [1.54, 1.807) is 6.20 Å². The molecule has 0 saturated carbocycles. The van der Waals surface area contributed by atoms with Crippen LogP contribution in [0.3, 0.4) is 0 Å². The largest absolute Gasteiger partial charge is 0.451 e. The zero-order valence-corrected chi connectivity index (χ0v) is 22.2. The molecule has 0 atom stereocenters. The first-order chi connectivity index (χ1) is 17.6. The van der Waals surface area contributed by atoms with Gasteiger partial charge in [0, 0.05) is 28.1 Å². The van der Waals surface area contributed by atoms with E-state index < -0.39 is 0 Å². The maximum atomic E-state index is 16.1. The molecule has 6 aromatic rings. The molecule has 6 rings (SSSR count). The molecule has 0 aliphatic carbocycles. The Morgan fingerprint density at radius 2 is 1.46 bits per heavy atom. The van der Waals surface area contributed by atoms with Crippen molar-refractivity contribution in [2.24, 2.45) is 0 Å². The summed E-state index contributed by atoms with van der Waals surface area (Å²) in [6.45, 7) is 12.8. The second-order valence-electron chi connectivity index (χ2n) is 11.2. The Kier molecular flexibility index (Phi) is 5.24. The van der Waals surface area contributed by atoms with Crippen LogP contribution in [0.1, 0.15) is 43.0 Å². The van der Waals surface area contributed by atoms with E-state index in [-0.39, 0.29) is 16.8 Å². The number of nitrogens with zero attached hydrogens (tertiary/aromatic N) is 1. The predicted molar refractivity (Wildman–Crippen MR) is 153 cm³/mol. The molecule has 2 heterocycles. The summed E-state index contributed by atoms with van der Waals surface area (Å²) in [7, 11) is 0. The molecule has 4 aromatic carbocycles. The van der Waals surface area contributed by atoms with Crippen LogP contribution in [-0.2, 0) is 5.41 Å². The van der Waals surface area contributed by atoms with Gasteiger partial charge in [-0.2, -0.15) is 0 Å². The standard InChI is InChI=1S/C34H30FNO/c1-19-15-20(2)29(21(3)16-19)27-12-11-25-26-13-14-36-31(33(26)37-32(25)30(27)35)23-17-22-9-7-8-10-24(22)28(18-23)34(4,5)6/h7-18H,1-6H3. The van der Waals surface area contributed by atoms with Gasteiger partial charge in [-0.05, 0) is 83.5 Å². The highest BCUT2D eigenvalue weighted by molar-refractivity contribution is 6.10. The lowest BCUT2D eigenvalue weighted by Gasteiger charge is -2.22. The third-order valence-electron chi connectivity index (χ3n) is 7.39. The van der Waals surface area contributed by atoms with Crippen molar-refractivity contribution in [1.29, 1.82) is 0 Å². The highest BCUT2D eigenvalue weighted by atomic mass is 19.1. The monoisotopic (exact) mass is 487 g/mol. The average Bonchev–Trinajstić information content (AvgIpc) is 3.23. The molecular weight excluding hydrogens is 457 g/mol. The van der Waals surface area contributed by atoms with E-state index in [0.717, 1.165) is 44.1 Å². The lowest BCUT2D eigenvalue weighted by molar-refractivity contribution is 0.586. The summed E-state index contributed by atoms with van der Waals surface area (Å²) in [5.74, 6) is -0.330. The molecule has 0 aliphatic heterocycles. The predicted octanol–water partition coefficient (Wildman–Crippen LogP) is 9.83. The molecule has 0 aliphatic rings. The zero-order chi connectivity index (χ0) is 26.1. The minimum Gasteiger partial charge on any atom is -0.451 e. The zero-order valence-electron chi connectivity index (χ0n) is 22.2. The van der Waals surface area contributed by atoms with Crippen molar-refractivity contribution < 1.29 is 8.81 Å². The van der Waals surface area contributed by atoms with Gasteiger partial charge in [-0.3, -0.25) is 4.98 Å².